The van der Waals surface area contributed by atoms with E-state index in [4.69, 9.17) is 9.47 Å². The first-order chi connectivity index (χ1) is 10.7. The van der Waals surface area contributed by atoms with Gasteiger partial charge in [0.2, 0.25) is 0 Å². The van der Waals surface area contributed by atoms with Crippen LogP contribution in [-0.2, 0) is 16.5 Å². The topological polar surface area (TPSA) is 56.6 Å². The highest BCUT2D eigenvalue weighted by atomic mass is 16.5. The maximum atomic E-state index is 12.6. The third-order valence-corrected chi connectivity index (χ3v) is 5.20. The molecule has 1 aromatic heterocycles. The van der Waals surface area contributed by atoms with E-state index < -0.39 is 0 Å². The molecular weight excluding hydrogens is 282 g/mol. The molecular formula is C16H23N3O3. The van der Waals surface area contributed by atoms with E-state index in [0.29, 0.717) is 24.7 Å². The number of rotatable bonds is 5. The molecule has 6 nitrogen and oxygen atoms in total. The Hall–Kier alpha value is -1.40. The van der Waals surface area contributed by atoms with Crippen LogP contribution >= 0.6 is 0 Å². The van der Waals surface area contributed by atoms with E-state index in [-0.39, 0.29) is 11.3 Å². The van der Waals surface area contributed by atoms with E-state index in [9.17, 15) is 4.79 Å². The number of aryl methyl sites for hydroxylation is 1. The molecule has 0 unspecified atom stereocenters. The molecule has 2 atom stereocenters. The van der Waals surface area contributed by atoms with Gasteiger partial charge in [0.05, 0.1) is 31.6 Å². The number of fused-ring (bicyclic) bond motifs is 1. The smallest absolute Gasteiger partial charge is 0.257 e. The van der Waals surface area contributed by atoms with Crippen LogP contribution in [-0.4, -0.2) is 60.1 Å². The van der Waals surface area contributed by atoms with Crippen LogP contribution in [0.2, 0.25) is 0 Å². The van der Waals surface area contributed by atoms with Crippen LogP contribution in [0.25, 0.3) is 0 Å². The van der Waals surface area contributed by atoms with Crippen molar-refractivity contribution < 1.29 is 14.3 Å². The molecule has 2 saturated heterocycles. The zero-order valence-electron chi connectivity index (χ0n) is 13.0. The second-order valence-corrected chi connectivity index (χ2v) is 7.12. The summed E-state index contributed by atoms with van der Waals surface area (Å²) >= 11 is 0. The molecule has 0 spiro atoms. The number of likely N-dealkylation sites (tertiary alicyclic amines) is 1. The number of amides is 1. The fourth-order valence-corrected chi connectivity index (χ4v) is 3.62. The predicted molar refractivity (Wildman–Crippen MR) is 79.4 cm³/mol. The predicted octanol–water partition coefficient (Wildman–Crippen LogP) is 0.935. The van der Waals surface area contributed by atoms with E-state index in [2.05, 4.69) is 5.10 Å². The molecule has 3 heterocycles. The first-order valence-electron chi connectivity index (χ1n) is 8.10. The third kappa shape index (κ3) is 2.54. The second-order valence-electron chi connectivity index (χ2n) is 7.12. The van der Waals surface area contributed by atoms with Gasteiger partial charge in [0.25, 0.3) is 5.91 Å². The number of hydrogen-bond acceptors (Lipinski definition) is 4. The van der Waals surface area contributed by atoms with Gasteiger partial charge < -0.3 is 14.4 Å². The van der Waals surface area contributed by atoms with Gasteiger partial charge in [-0.1, -0.05) is 0 Å². The molecule has 1 aliphatic carbocycles. The summed E-state index contributed by atoms with van der Waals surface area (Å²) in [5.74, 6) is 1.24. The molecule has 1 aromatic rings. The zero-order valence-corrected chi connectivity index (χ0v) is 13.0. The van der Waals surface area contributed by atoms with Crippen LogP contribution in [0.1, 0.15) is 23.2 Å². The molecule has 1 amide bonds. The van der Waals surface area contributed by atoms with Crippen LogP contribution in [0.3, 0.4) is 0 Å². The van der Waals surface area contributed by atoms with Gasteiger partial charge >= 0.3 is 0 Å². The number of carbonyl (C=O) groups excluding carboxylic acids is 1. The molecule has 6 heteroatoms. The van der Waals surface area contributed by atoms with Gasteiger partial charge in [-0.3, -0.25) is 9.48 Å². The van der Waals surface area contributed by atoms with Crippen LogP contribution in [0, 0.1) is 17.3 Å². The minimum atomic E-state index is -0.00718. The van der Waals surface area contributed by atoms with Crippen molar-refractivity contribution >= 4 is 5.91 Å². The highest BCUT2D eigenvalue weighted by Crippen LogP contribution is 2.42. The summed E-state index contributed by atoms with van der Waals surface area (Å²) < 4.78 is 13.3. The quantitative estimate of drug-likeness (QED) is 0.812. The fourth-order valence-electron chi connectivity index (χ4n) is 3.62. The lowest BCUT2D eigenvalue weighted by Gasteiger charge is -2.26. The normalized spacial score (nSPS) is 30.8. The molecule has 3 aliphatic rings. The summed E-state index contributed by atoms with van der Waals surface area (Å²) in [4.78, 5) is 14.6. The van der Waals surface area contributed by atoms with Crippen molar-refractivity contribution in [2.24, 2.45) is 24.3 Å². The maximum absolute atomic E-state index is 12.6. The van der Waals surface area contributed by atoms with E-state index in [1.165, 1.54) is 12.8 Å². The average molecular weight is 305 g/mol. The third-order valence-electron chi connectivity index (χ3n) is 5.20. The molecule has 0 N–H and O–H groups in total. The van der Waals surface area contributed by atoms with Crippen molar-refractivity contribution in [3.8, 4) is 0 Å². The van der Waals surface area contributed by atoms with Gasteiger partial charge in [-0.05, 0) is 18.8 Å². The molecule has 0 aromatic carbocycles. The molecule has 0 radical (unpaired) electrons. The molecule has 0 bridgehead atoms. The molecule has 3 fully saturated rings. The van der Waals surface area contributed by atoms with Crippen molar-refractivity contribution in [2.45, 2.75) is 12.8 Å². The Morgan fingerprint density at radius 1 is 1.55 bits per heavy atom. The molecule has 120 valence electrons. The number of nitrogens with zero attached hydrogens (tertiary/aromatic N) is 3. The highest BCUT2D eigenvalue weighted by Gasteiger charge is 2.52. The number of carbonyl (C=O) groups is 1. The average Bonchev–Trinajstić information content (AvgIpc) is 2.92. The highest BCUT2D eigenvalue weighted by molar-refractivity contribution is 5.94. The Morgan fingerprint density at radius 3 is 3.14 bits per heavy atom. The molecule has 4 rings (SSSR count). The largest absolute Gasteiger partial charge is 0.380 e. The van der Waals surface area contributed by atoms with Crippen molar-refractivity contribution in [3.05, 3.63) is 18.0 Å². The second kappa shape index (κ2) is 5.35. The van der Waals surface area contributed by atoms with E-state index in [1.54, 1.807) is 17.1 Å². The summed E-state index contributed by atoms with van der Waals surface area (Å²) in [5.41, 5.74) is 0.657. The van der Waals surface area contributed by atoms with Gasteiger partial charge in [0, 0.05) is 44.3 Å². The van der Waals surface area contributed by atoms with Crippen molar-refractivity contribution in [3.63, 3.8) is 0 Å². The van der Waals surface area contributed by atoms with E-state index in [1.807, 2.05) is 11.9 Å². The SMILES string of the molecule is Cn1cc(C(=O)N2C[C@@H]3COC[C@]3(COCC3CC3)C2)cn1. The van der Waals surface area contributed by atoms with Crippen molar-refractivity contribution in [2.75, 3.05) is 39.5 Å². The summed E-state index contributed by atoms with van der Waals surface area (Å²) in [6, 6.07) is 0. The lowest BCUT2D eigenvalue weighted by atomic mass is 9.82. The number of ether oxygens (including phenoxy) is 2. The lowest BCUT2D eigenvalue weighted by Crippen LogP contribution is -2.37. The van der Waals surface area contributed by atoms with Gasteiger partial charge in [0.15, 0.2) is 0 Å². The monoisotopic (exact) mass is 305 g/mol. The standard InChI is InChI=1S/C16H23N3O3/c1-18-5-13(4-17-18)15(20)19-6-14-8-22-11-16(14,9-19)10-21-7-12-2-3-12/h4-5,12,14H,2-3,6-11H2,1H3/t14-,16-/m1/s1. The van der Waals surface area contributed by atoms with Crippen LogP contribution in [0.5, 0.6) is 0 Å². The number of aromatic nitrogens is 2. The van der Waals surface area contributed by atoms with Gasteiger partial charge in [0.1, 0.15) is 0 Å². The molecule has 2 aliphatic heterocycles. The van der Waals surface area contributed by atoms with Gasteiger partial charge in [-0.25, -0.2) is 0 Å². The first kappa shape index (κ1) is 14.2. The minimum absolute atomic E-state index is 0.00718. The van der Waals surface area contributed by atoms with Crippen LogP contribution in [0.15, 0.2) is 12.4 Å². The Labute approximate surface area is 130 Å². The first-order valence-corrected chi connectivity index (χ1v) is 8.10. The van der Waals surface area contributed by atoms with Crippen molar-refractivity contribution in [1.29, 1.82) is 0 Å². The Morgan fingerprint density at radius 2 is 2.41 bits per heavy atom. The summed E-state index contributed by atoms with van der Waals surface area (Å²) in [6.45, 7) is 4.52. The maximum Gasteiger partial charge on any atom is 0.257 e. The summed E-state index contributed by atoms with van der Waals surface area (Å²) in [5, 5.41) is 4.09. The van der Waals surface area contributed by atoms with Crippen LogP contribution < -0.4 is 0 Å². The van der Waals surface area contributed by atoms with Crippen molar-refractivity contribution in [1.82, 2.24) is 14.7 Å². The van der Waals surface area contributed by atoms with E-state index >= 15 is 0 Å². The number of hydrogen-bond donors (Lipinski definition) is 0. The Kier molecular flexibility index (Phi) is 3.46. The summed E-state index contributed by atoms with van der Waals surface area (Å²) in [6.07, 6.45) is 6.03. The van der Waals surface area contributed by atoms with E-state index in [0.717, 1.165) is 32.2 Å². The summed E-state index contributed by atoms with van der Waals surface area (Å²) in [7, 11) is 1.83. The Balaban J connectivity index is 1.42. The van der Waals surface area contributed by atoms with Gasteiger partial charge in [-0.15, -0.1) is 0 Å². The zero-order chi connectivity index (χ0) is 15.2. The molecule has 1 saturated carbocycles. The Bertz CT molecular complexity index is 569. The van der Waals surface area contributed by atoms with Crippen LogP contribution in [0.4, 0.5) is 0 Å². The molecule has 22 heavy (non-hydrogen) atoms. The fraction of sp³-hybridized carbons (Fsp3) is 0.750. The minimum Gasteiger partial charge on any atom is -0.380 e. The van der Waals surface area contributed by atoms with Gasteiger partial charge in [-0.2, -0.15) is 5.10 Å². The lowest BCUT2D eigenvalue weighted by molar-refractivity contribution is 0.0223.